The molecule has 2 aromatic carbocycles. The van der Waals surface area contributed by atoms with Gasteiger partial charge < -0.3 is 35.4 Å². The number of hydrogen-bond donors (Lipinski definition) is 6. The fraction of sp³-hybridized carbons (Fsp3) is 0.407. The quantitative estimate of drug-likeness (QED) is 0.208. The summed E-state index contributed by atoms with van der Waals surface area (Å²) >= 11 is 0. The Bertz CT molecular complexity index is 1230. The second-order valence-corrected chi connectivity index (χ2v) is 9.41. The molecule has 0 radical (unpaired) electrons. The van der Waals surface area contributed by atoms with Crippen molar-refractivity contribution in [2.45, 2.75) is 60.0 Å². The molecule has 0 aromatic heterocycles. The summed E-state index contributed by atoms with van der Waals surface area (Å²) in [5, 5.41) is 64.6. The van der Waals surface area contributed by atoms with Crippen molar-refractivity contribution in [1.29, 1.82) is 0 Å². The molecule has 0 saturated carbocycles. The Morgan fingerprint density at radius 2 is 1.39 bits per heavy atom. The van der Waals surface area contributed by atoms with Crippen molar-refractivity contribution in [2.24, 2.45) is 5.92 Å². The maximum Gasteiger partial charge on any atom is 0.170 e. The minimum absolute atomic E-state index is 0.000419. The number of aliphatic hydroxyl groups is 1. The molecule has 0 bridgehead atoms. The zero-order valence-electron chi connectivity index (χ0n) is 21.4. The van der Waals surface area contributed by atoms with Crippen molar-refractivity contribution in [1.82, 2.24) is 0 Å². The van der Waals surface area contributed by atoms with Crippen LogP contribution in [0.5, 0.6) is 34.5 Å². The Labute approximate surface area is 209 Å². The Morgan fingerprint density at radius 1 is 0.861 bits per heavy atom. The monoisotopic (exact) mass is 502 g/mol. The van der Waals surface area contributed by atoms with E-state index in [0.717, 1.165) is 6.92 Å². The molecule has 0 amide bonds. The maximum atomic E-state index is 13.0. The summed E-state index contributed by atoms with van der Waals surface area (Å²) in [4.78, 5) is 25.1. The lowest BCUT2D eigenvalue weighted by atomic mass is 9.88. The Hall–Kier alpha value is -3.72. The average Bonchev–Trinajstić information content (AvgIpc) is 2.76. The zero-order chi connectivity index (χ0) is 27.6. The van der Waals surface area contributed by atoms with Crippen molar-refractivity contribution in [3.8, 4) is 34.5 Å². The second kappa shape index (κ2) is 10.9. The van der Waals surface area contributed by atoms with Gasteiger partial charge in [-0.1, -0.05) is 26.0 Å². The molecule has 0 fully saturated rings. The molecular weight excluding hydrogens is 468 g/mol. The molecule has 0 spiro atoms. The Balaban J connectivity index is 2.92. The highest BCUT2D eigenvalue weighted by Crippen LogP contribution is 2.48. The Kier molecular flexibility index (Phi) is 8.64. The number of rotatable bonds is 10. The predicted molar refractivity (Wildman–Crippen MR) is 134 cm³/mol. The van der Waals surface area contributed by atoms with Crippen LogP contribution in [0.3, 0.4) is 0 Å². The van der Waals surface area contributed by atoms with E-state index < -0.39 is 58.4 Å². The number of benzene rings is 2. The zero-order valence-corrected chi connectivity index (χ0v) is 21.4. The Morgan fingerprint density at radius 3 is 1.86 bits per heavy atom. The van der Waals surface area contributed by atoms with Crippen LogP contribution in [0.1, 0.15) is 77.1 Å². The van der Waals surface area contributed by atoms with Gasteiger partial charge in [0, 0.05) is 41.5 Å². The first kappa shape index (κ1) is 28.5. The number of carbonyl (C=O) groups excluding carboxylic acids is 2. The summed E-state index contributed by atoms with van der Waals surface area (Å²) in [7, 11) is 1.28. The SMILES string of the molecule is C=C(C)C(O)Cc1c(O)c(Cc2c(O)c(C(C)=O)c(O)c(C)c2OC)c(O)c(C(=O)CC(C)C)c1O. The van der Waals surface area contributed by atoms with Crippen LogP contribution in [0.15, 0.2) is 12.2 Å². The molecule has 0 heterocycles. The van der Waals surface area contributed by atoms with Gasteiger partial charge in [-0.25, -0.2) is 0 Å². The van der Waals surface area contributed by atoms with E-state index >= 15 is 0 Å². The molecule has 9 heteroatoms. The molecule has 2 rings (SSSR count). The molecule has 196 valence electrons. The highest BCUT2D eigenvalue weighted by atomic mass is 16.5. The summed E-state index contributed by atoms with van der Waals surface area (Å²) in [5.41, 5.74) is -0.775. The minimum Gasteiger partial charge on any atom is -0.507 e. The van der Waals surface area contributed by atoms with Crippen LogP contribution in [0.4, 0.5) is 0 Å². The number of methoxy groups -OCH3 is 1. The second-order valence-electron chi connectivity index (χ2n) is 9.41. The van der Waals surface area contributed by atoms with E-state index in [9.17, 15) is 40.2 Å². The molecule has 0 aliphatic carbocycles. The van der Waals surface area contributed by atoms with Gasteiger partial charge in [-0.2, -0.15) is 0 Å². The van der Waals surface area contributed by atoms with E-state index in [1.165, 1.54) is 14.0 Å². The average molecular weight is 503 g/mol. The number of hydrogen-bond acceptors (Lipinski definition) is 9. The number of phenols is 5. The van der Waals surface area contributed by atoms with Gasteiger partial charge in [0.15, 0.2) is 11.6 Å². The summed E-state index contributed by atoms with van der Waals surface area (Å²) in [6, 6.07) is 0. The van der Waals surface area contributed by atoms with Gasteiger partial charge >= 0.3 is 0 Å². The van der Waals surface area contributed by atoms with Gasteiger partial charge in [-0.15, -0.1) is 0 Å². The minimum atomic E-state index is -1.17. The number of carbonyl (C=O) groups is 2. The topological polar surface area (TPSA) is 165 Å². The predicted octanol–water partition coefficient (Wildman–Crippen LogP) is 4.03. The molecule has 9 nitrogen and oxygen atoms in total. The molecule has 6 N–H and O–H groups in total. The van der Waals surface area contributed by atoms with Crippen molar-refractivity contribution >= 4 is 11.6 Å². The molecule has 0 aliphatic heterocycles. The standard InChI is InChI=1S/C27H34O9/c1-11(2)8-19(30)21-24(33)15(23(32)16(25(21)34)10-18(29)12(3)4)9-17-26(35)20(14(6)28)22(31)13(5)27(17)36-7/h11,18,29,31-35H,3,8-10H2,1-2,4-7H3. The van der Waals surface area contributed by atoms with E-state index in [2.05, 4.69) is 6.58 Å². The van der Waals surface area contributed by atoms with Crippen LogP contribution >= 0.6 is 0 Å². The van der Waals surface area contributed by atoms with Crippen LogP contribution in [0.25, 0.3) is 0 Å². The lowest BCUT2D eigenvalue weighted by molar-refractivity contribution is 0.0960. The third-order valence-electron chi connectivity index (χ3n) is 6.09. The van der Waals surface area contributed by atoms with Crippen molar-refractivity contribution in [2.75, 3.05) is 7.11 Å². The molecule has 0 saturated heterocycles. The third kappa shape index (κ3) is 5.26. The number of aliphatic hydroxyl groups excluding tert-OH is 1. The van der Waals surface area contributed by atoms with Gasteiger partial charge in [0.1, 0.15) is 45.6 Å². The molecule has 2 aromatic rings. The van der Waals surface area contributed by atoms with Crippen LogP contribution < -0.4 is 4.74 Å². The molecule has 1 unspecified atom stereocenters. The van der Waals surface area contributed by atoms with Crippen LogP contribution in [0, 0.1) is 12.8 Å². The largest absolute Gasteiger partial charge is 0.507 e. The van der Waals surface area contributed by atoms with Crippen molar-refractivity contribution < 1.29 is 45.0 Å². The summed E-state index contributed by atoms with van der Waals surface area (Å²) in [5.74, 6) is -4.40. The van der Waals surface area contributed by atoms with Crippen molar-refractivity contribution in [3.63, 3.8) is 0 Å². The molecule has 36 heavy (non-hydrogen) atoms. The van der Waals surface area contributed by atoms with Gasteiger partial charge in [-0.05, 0) is 26.7 Å². The number of ether oxygens (including phenoxy) is 1. The first-order chi connectivity index (χ1) is 16.6. The maximum absolute atomic E-state index is 13.0. The lowest BCUT2D eigenvalue weighted by Crippen LogP contribution is -2.14. The van der Waals surface area contributed by atoms with E-state index in [1.807, 2.05) is 0 Å². The lowest BCUT2D eigenvalue weighted by Gasteiger charge is -2.22. The van der Waals surface area contributed by atoms with Crippen LogP contribution in [-0.4, -0.2) is 55.4 Å². The molecule has 0 aliphatic rings. The fourth-order valence-corrected chi connectivity index (χ4v) is 4.13. The van der Waals surface area contributed by atoms with Gasteiger partial charge in [0.2, 0.25) is 0 Å². The fourth-order valence-electron chi connectivity index (χ4n) is 4.13. The summed E-state index contributed by atoms with van der Waals surface area (Å²) < 4.78 is 5.34. The van der Waals surface area contributed by atoms with Crippen molar-refractivity contribution in [3.05, 3.63) is 45.5 Å². The van der Waals surface area contributed by atoms with E-state index in [1.54, 1.807) is 20.8 Å². The van der Waals surface area contributed by atoms with Gasteiger partial charge in [0.25, 0.3) is 0 Å². The number of phenolic OH excluding ortho intramolecular Hbond substituents is 5. The highest BCUT2D eigenvalue weighted by molar-refractivity contribution is 6.03. The van der Waals surface area contributed by atoms with Gasteiger partial charge in [0.05, 0.1) is 13.2 Å². The van der Waals surface area contributed by atoms with Crippen LogP contribution in [0.2, 0.25) is 0 Å². The van der Waals surface area contributed by atoms with Crippen LogP contribution in [-0.2, 0) is 12.8 Å². The smallest absolute Gasteiger partial charge is 0.170 e. The third-order valence-corrected chi connectivity index (χ3v) is 6.09. The first-order valence-electron chi connectivity index (χ1n) is 11.4. The summed E-state index contributed by atoms with van der Waals surface area (Å²) in [6.07, 6.45) is -1.93. The first-order valence-corrected chi connectivity index (χ1v) is 11.4. The highest BCUT2D eigenvalue weighted by Gasteiger charge is 2.32. The number of Topliss-reactive ketones (excluding diaryl/α,β-unsaturated/α-hetero) is 2. The van der Waals surface area contributed by atoms with Gasteiger partial charge in [-0.3, -0.25) is 9.59 Å². The van der Waals surface area contributed by atoms with E-state index in [0.29, 0.717) is 5.57 Å². The normalized spacial score (nSPS) is 12.0. The summed E-state index contributed by atoms with van der Waals surface area (Å²) in [6.45, 7) is 11.4. The molecule has 1 atom stereocenters. The number of ketones is 2. The van der Waals surface area contributed by atoms with E-state index in [-0.39, 0.29) is 52.3 Å². The van der Waals surface area contributed by atoms with E-state index in [4.69, 9.17) is 4.74 Å². The number of aromatic hydroxyl groups is 5. The molecular formula is C27H34O9.